The predicted octanol–water partition coefficient (Wildman–Crippen LogP) is 3.46. The number of carbonyl (C=O) groups excluding carboxylic acids is 1. The van der Waals surface area contributed by atoms with Gasteiger partial charge in [0.15, 0.2) is 6.61 Å². The molecule has 1 heterocycles. The van der Waals surface area contributed by atoms with Gasteiger partial charge in [0.2, 0.25) is 17.7 Å². The second-order valence-electron chi connectivity index (χ2n) is 6.94. The van der Waals surface area contributed by atoms with Gasteiger partial charge < -0.3 is 10.1 Å². The summed E-state index contributed by atoms with van der Waals surface area (Å²) in [6.45, 7) is -1.25. The number of nitrogens with one attached hydrogen (secondary N) is 1. The van der Waals surface area contributed by atoms with Crippen LogP contribution in [-0.2, 0) is 11.3 Å². The molecule has 2 aliphatic carbocycles. The molecule has 2 aliphatic rings. The van der Waals surface area contributed by atoms with Gasteiger partial charge in [0.1, 0.15) is 0 Å². The third kappa shape index (κ3) is 4.38. The average molecular weight is 364 g/mol. The van der Waals surface area contributed by atoms with Crippen LogP contribution in [0.25, 0.3) is 0 Å². The average Bonchev–Trinajstić information content (AvgIpc) is 2.45. The lowest BCUT2D eigenvalue weighted by Gasteiger charge is -2.56. The molecule has 138 valence electrons. The monoisotopic (exact) mass is 364 g/mol. The number of rotatable bonds is 5. The van der Waals surface area contributed by atoms with Crippen molar-refractivity contribution in [3.8, 4) is 5.88 Å². The fourth-order valence-corrected chi connectivity index (χ4v) is 3.60. The first-order valence-electron chi connectivity index (χ1n) is 7.86. The van der Waals surface area contributed by atoms with Gasteiger partial charge in [-0.3, -0.25) is 4.79 Å². The molecule has 0 bridgehead atoms. The molecule has 2 fully saturated rings. The molecule has 1 N–H and O–H groups in total. The molecular formula is C16H17F5N2O2. The Balaban J connectivity index is 1.40. The largest absolute Gasteiger partial charge is 0.468 e. The van der Waals surface area contributed by atoms with Gasteiger partial charge in [-0.05, 0) is 23.8 Å². The van der Waals surface area contributed by atoms with Gasteiger partial charge in [0, 0.05) is 37.6 Å². The van der Waals surface area contributed by atoms with Crippen LogP contribution in [0.4, 0.5) is 22.0 Å². The summed E-state index contributed by atoms with van der Waals surface area (Å²) in [5, 5.41) is 2.70. The van der Waals surface area contributed by atoms with Gasteiger partial charge in [0.25, 0.3) is 0 Å². The van der Waals surface area contributed by atoms with Crippen LogP contribution in [0.1, 0.15) is 31.2 Å². The third-order valence-electron chi connectivity index (χ3n) is 4.64. The summed E-state index contributed by atoms with van der Waals surface area (Å²) in [4.78, 5) is 15.7. The molecular weight excluding hydrogens is 347 g/mol. The predicted molar refractivity (Wildman–Crippen MR) is 77.0 cm³/mol. The fourth-order valence-electron chi connectivity index (χ4n) is 3.60. The zero-order valence-corrected chi connectivity index (χ0v) is 13.2. The van der Waals surface area contributed by atoms with E-state index in [1.807, 2.05) is 0 Å². The van der Waals surface area contributed by atoms with Crippen molar-refractivity contribution in [2.24, 2.45) is 11.3 Å². The Bertz CT molecular complexity index is 629. The van der Waals surface area contributed by atoms with E-state index in [2.05, 4.69) is 15.0 Å². The SMILES string of the molecule is O=C(NCc1ccc(OCC(F)(F)F)nc1)C1CC2(C1)CC(F)(F)C2. The van der Waals surface area contributed by atoms with Crippen molar-refractivity contribution in [1.82, 2.24) is 10.3 Å². The van der Waals surface area contributed by atoms with Crippen molar-refractivity contribution < 1.29 is 31.5 Å². The number of hydrogen-bond donors (Lipinski definition) is 1. The van der Waals surface area contributed by atoms with Gasteiger partial charge >= 0.3 is 6.18 Å². The van der Waals surface area contributed by atoms with Gasteiger partial charge in [-0.1, -0.05) is 6.07 Å². The standard InChI is InChI=1S/C16H17F5N2O2/c17-15(18)7-14(8-15)3-11(4-14)13(24)23-6-10-1-2-12(22-5-10)25-9-16(19,20)21/h1-2,5,11H,3-4,6-9H2,(H,23,24). The molecule has 3 rings (SSSR count). The zero-order valence-electron chi connectivity index (χ0n) is 13.2. The van der Waals surface area contributed by atoms with Crippen molar-refractivity contribution in [1.29, 1.82) is 0 Å². The molecule has 0 saturated heterocycles. The zero-order chi connectivity index (χ0) is 18.3. The van der Waals surface area contributed by atoms with E-state index >= 15 is 0 Å². The molecule has 1 amide bonds. The van der Waals surface area contributed by atoms with Crippen molar-refractivity contribution >= 4 is 5.91 Å². The molecule has 0 aromatic carbocycles. The number of nitrogens with zero attached hydrogens (tertiary/aromatic N) is 1. The molecule has 0 radical (unpaired) electrons. The molecule has 1 spiro atoms. The summed E-state index contributed by atoms with van der Waals surface area (Å²) in [5.41, 5.74) is 0.252. The maximum Gasteiger partial charge on any atom is 0.422 e. The Morgan fingerprint density at radius 3 is 2.48 bits per heavy atom. The minimum atomic E-state index is -4.43. The Kier molecular flexibility index (Phi) is 4.36. The number of hydrogen-bond acceptors (Lipinski definition) is 3. The van der Waals surface area contributed by atoms with Crippen LogP contribution in [0.2, 0.25) is 0 Å². The van der Waals surface area contributed by atoms with Crippen molar-refractivity contribution in [3.05, 3.63) is 23.9 Å². The van der Waals surface area contributed by atoms with Gasteiger partial charge in [-0.2, -0.15) is 13.2 Å². The van der Waals surface area contributed by atoms with Crippen LogP contribution in [0.3, 0.4) is 0 Å². The van der Waals surface area contributed by atoms with Crippen molar-refractivity contribution in [3.63, 3.8) is 0 Å². The van der Waals surface area contributed by atoms with E-state index in [-0.39, 0.29) is 42.5 Å². The Morgan fingerprint density at radius 2 is 1.96 bits per heavy atom. The molecule has 2 saturated carbocycles. The molecule has 0 atom stereocenters. The lowest BCUT2D eigenvalue weighted by atomic mass is 9.50. The minimum Gasteiger partial charge on any atom is -0.468 e. The van der Waals surface area contributed by atoms with Crippen molar-refractivity contribution in [2.75, 3.05) is 6.61 Å². The molecule has 0 unspecified atom stereocenters. The topological polar surface area (TPSA) is 51.2 Å². The first-order chi connectivity index (χ1) is 11.6. The number of aromatic nitrogens is 1. The maximum atomic E-state index is 12.9. The first kappa shape index (κ1) is 17.9. The van der Waals surface area contributed by atoms with E-state index in [0.29, 0.717) is 18.4 Å². The highest BCUT2D eigenvalue weighted by molar-refractivity contribution is 5.79. The van der Waals surface area contributed by atoms with Crippen LogP contribution in [0.5, 0.6) is 5.88 Å². The second-order valence-corrected chi connectivity index (χ2v) is 6.94. The summed E-state index contributed by atoms with van der Waals surface area (Å²) in [5.74, 6) is -3.18. The number of ether oxygens (including phenoxy) is 1. The number of halogens is 5. The molecule has 9 heteroatoms. The van der Waals surface area contributed by atoms with Gasteiger partial charge in [-0.25, -0.2) is 13.8 Å². The molecule has 0 aliphatic heterocycles. The second kappa shape index (κ2) is 6.10. The van der Waals surface area contributed by atoms with E-state index in [4.69, 9.17) is 0 Å². The van der Waals surface area contributed by atoms with Crippen LogP contribution in [0, 0.1) is 11.3 Å². The Morgan fingerprint density at radius 1 is 1.28 bits per heavy atom. The number of carbonyl (C=O) groups is 1. The van der Waals surface area contributed by atoms with E-state index in [9.17, 15) is 26.7 Å². The van der Waals surface area contributed by atoms with E-state index < -0.39 is 18.7 Å². The Hall–Kier alpha value is -1.93. The third-order valence-corrected chi connectivity index (χ3v) is 4.64. The number of alkyl halides is 5. The van der Waals surface area contributed by atoms with Gasteiger partial charge in [-0.15, -0.1) is 0 Å². The lowest BCUT2D eigenvalue weighted by molar-refractivity contribution is -0.207. The quantitative estimate of drug-likeness (QED) is 0.814. The fraction of sp³-hybridized carbons (Fsp3) is 0.625. The highest BCUT2D eigenvalue weighted by atomic mass is 19.4. The van der Waals surface area contributed by atoms with E-state index in [0.717, 1.165) is 0 Å². The maximum absolute atomic E-state index is 12.9. The summed E-state index contributed by atoms with van der Waals surface area (Å²) in [6, 6.07) is 2.80. The smallest absolute Gasteiger partial charge is 0.422 e. The highest BCUT2D eigenvalue weighted by Crippen LogP contribution is 2.64. The lowest BCUT2D eigenvalue weighted by Crippen LogP contribution is -2.56. The summed E-state index contributed by atoms with van der Waals surface area (Å²) >= 11 is 0. The molecule has 1 aromatic rings. The minimum absolute atomic E-state index is 0.132. The molecule has 4 nitrogen and oxygen atoms in total. The number of pyridine rings is 1. The Labute approximate surface area is 140 Å². The van der Waals surface area contributed by atoms with Crippen LogP contribution in [-0.4, -0.2) is 29.6 Å². The van der Waals surface area contributed by atoms with E-state index in [1.54, 1.807) is 0 Å². The summed E-state index contributed by atoms with van der Waals surface area (Å²) < 4.78 is 66.4. The van der Waals surface area contributed by atoms with E-state index in [1.165, 1.54) is 18.3 Å². The van der Waals surface area contributed by atoms with Crippen LogP contribution >= 0.6 is 0 Å². The summed E-state index contributed by atoms with van der Waals surface area (Å²) in [6.07, 6.45) is -2.41. The van der Waals surface area contributed by atoms with Gasteiger partial charge in [0.05, 0.1) is 0 Å². The molecule has 1 aromatic heterocycles. The highest BCUT2D eigenvalue weighted by Gasteiger charge is 2.62. The molecule has 25 heavy (non-hydrogen) atoms. The summed E-state index contributed by atoms with van der Waals surface area (Å²) in [7, 11) is 0. The normalized spacial score (nSPS) is 21.3. The van der Waals surface area contributed by atoms with Crippen LogP contribution < -0.4 is 10.1 Å². The first-order valence-corrected chi connectivity index (χ1v) is 7.86. The number of amides is 1. The van der Waals surface area contributed by atoms with Crippen LogP contribution in [0.15, 0.2) is 18.3 Å². The van der Waals surface area contributed by atoms with Crippen molar-refractivity contribution in [2.45, 2.75) is 44.3 Å².